The third-order valence-electron chi connectivity index (χ3n) is 2.48. The van der Waals surface area contributed by atoms with Crippen LogP contribution < -0.4 is 5.73 Å². The van der Waals surface area contributed by atoms with Gasteiger partial charge in [-0.15, -0.1) is 0 Å². The predicted molar refractivity (Wildman–Crippen MR) is 70.0 cm³/mol. The van der Waals surface area contributed by atoms with Crippen molar-refractivity contribution in [2.75, 3.05) is 26.9 Å². The number of hydrogen-bond acceptors (Lipinski definition) is 4. The topological polar surface area (TPSA) is 62.3 Å². The molecular weight excluding hydrogens is 286 g/mol. The first-order valence-electron chi connectivity index (χ1n) is 5.56. The number of methoxy groups -OCH3 is 1. The van der Waals surface area contributed by atoms with E-state index in [2.05, 4.69) is 21.0 Å². The van der Waals surface area contributed by atoms with Crippen LogP contribution in [0.4, 0.5) is 0 Å². The lowest BCUT2D eigenvalue weighted by atomic mass is 10.2. The summed E-state index contributed by atoms with van der Waals surface area (Å²) in [5.74, 6) is 0. The molecule has 1 aromatic rings. The quantitative estimate of drug-likeness (QED) is 0.764. The molecule has 0 aliphatic carbocycles. The molecule has 1 heterocycles. The van der Waals surface area contributed by atoms with Gasteiger partial charge in [-0.1, -0.05) is 0 Å². The molecule has 0 saturated carbocycles. The number of nitrogens with zero attached hydrogens (tertiary/aromatic N) is 2. The van der Waals surface area contributed by atoms with Crippen LogP contribution in [0.3, 0.4) is 0 Å². The van der Waals surface area contributed by atoms with Crippen molar-refractivity contribution in [2.24, 2.45) is 12.8 Å². The number of aryl methyl sites for hydroxylation is 2. The number of halogens is 1. The molecule has 0 bridgehead atoms. The highest BCUT2D eigenvalue weighted by atomic mass is 79.9. The zero-order valence-corrected chi connectivity index (χ0v) is 12.2. The van der Waals surface area contributed by atoms with Gasteiger partial charge in [-0.05, 0) is 22.9 Å². The van der Waals surface area contributed by atoms with Gasteiger partial charge in [0.25, 0.3) is 0 Å². The Morgan fingerprint density at radius 3 is 2.71 bits per heavy atom. The van der Waals surface area contributed by atoms with E-state index in [1.807, 2.05) is 18.7 Å². The van der Waals surface area contributed by atoms with Crippen LogP contribution in [0.5, 0.6) is 0 Å². The Hall–Kier alpha value is -0.430. The minimum Gasteiger partial charge on any atom is -0.382 e. The predicted octanol–water partition coefficient (Wildman–Crippen LogP) is 1.02. The molecule has 0 aromatic carbocycles. The normalized spacial score (nSPS) is 13.0. The van der Waals surface area contributed by atoms with E-state index in [4.69, 9.17) is 15.2 Å². The molecule has 17 heavy (non-hydrogen) atoms. The van der Waals surface area contributed by atoms with E-state index in [-0.39, 0.29) is 6.04 Å². The average Bonchev–Trinajstić information content (AvgIpc) is 2.52. The molecule has 6 heteroatoms. The zero-order valence-electron chi connectivity index (χ0n) is 10.6. The Morgan fingerprint density at radius 1 is 1.47 bits per heavy atom. The average molecular weight is 306 g/mol. The van der Waals surface area contributed by atoms with Gasteiger partial charge in [0.05, 0.1) is 35.7 Å². The van der Waals surface area contributed by atoms with Gasteiger partial charge in [0.15, 0.2) is 0 Å². The SMILES string of the molecule is COCCOCC(N)Cc1c(Br)c(C)nn1C. The Bertz CT molecular complexity index is 355. The minimum absolute atomic E-state index is 0.0297. The molecule has 1 atom stereocenters. The van der Waals surface area contributed by atoms with Crippen molar-refractivity contribution in [2.45, 2.75) is 19.4 Å². The summed E-state index contributed by atoms with van der Waals surface area (Å²) in [6.45, 7) is 3.67. The molecule has 1 unspecified atom stereocenters. The largest absolute Gasteiger partial charge is 0.382 e. The maximum atomic E-state index is 6.01. The van der Waals surface area contributed by atoms with Gasteiger partial charge in [0, 0.05) is 26.6 Å². The molecule has 1 rings (SSSR count). The number of ether oxygens (including phenoxy) is 2. The highest BCUT2D eigenvalue weighted by Gasteiger charge is 2.14. The summed E-state index contributed by atoms with van der Waals surface area (Å²) in [7, 11) is 3.57. The lowest BCUT2D eigenvalue weighted by molar-refractivity contribution is 0.0635. The zero-order chi connectivity index (χ0) is 12.8. The van der Waals surface area contributed by atoms with Crippen molar-refractivity contribution >= 4 is 15.9 Å². The molecule has 0 aliphatic rings. The standard InChI is InChI=1S/C11H20BrN3O2/c1-8-11(12)10(15(2)14-8)6-9(13)7-17-5-4-16-3/h9H,4-7,13H2,1-3H3. The molecule has 1 aromatic heterocycles. The molecule has 0 fully saturated rings. The summed E-state index contributed by atoms with van der Waals surface area (Å²) in [4.78, 5) is 0. The van der Waals surface area contributed by atoms with Crippen LogP contribution in [0.25, 0.3) is 0 Å². The Morgan fingerprint density at radius 2 is 2.18 bits per heavy atom. The smallest absolute Gasteiger partial charge is 0.0738 e. The summed E-state index contributed by atoms with van der Waals surface area (Å²) >= 11 is 3.52. The first-order valence-corrected chi connectivity index (χ1v) is 6.35. The highest BCUT2D eigenvalue weighted by Crippen LogP contribution is 2.21. The van der Waals surface area contributed by atoms with Crippen molar-refractivity contribution in [3.63, 3.8) is 0 Å². The minimum atomic E-state index is -0.0297. The van der Waals surface area contributed by atoms with Crippen LogP contribution in [-0.4, -0.2) is 42.8 Å². The maximum Gasteiger partial charge on any atom is 0.0738 e. The third-order valence-corrected chi connectivity index (χ3v) is 3.51. The van der Waals surface area contributed by atoms with E-state index in [0.717, 1.165) is 22.3 Å². The van der Waals surface area contributed by atoms with Gasteiger partial charge in [0.2, 0.25) is 0 Å². The summed E-state index contributed by atoms with van der Waals surface area (Å²) in [5, 5.41) is 4.33. The summed E-state index contributed by atoms with van der Waals surface area (Å²) in [5.41, 5.74) is 8.09. The first-order chi connectivity index (χ1) is 8.06. The van der Waals surface area contributed by atoms with Crippen molar-refractivity contribution in [3.8, 4) is 0 Å². The van der Waals surface area contributed by atoms with Crippen LogP contribution >= 0.6 is 15.9 Å². The van der Waals surface area contributed by atoms with Gasteiger partial charge >= 0.3 is 0 Å². The van der Waals surface area contributed by atoms with Crippen molar-refractivity contribution < 1.29 is 9.47 Å². The molecule has 0 saturated heterocycles. The van der Waals surface area contributed by atoms with E-state index >= 15 is 0 Å². The third kappa shape index (κ3) is 4.39. The fraction of sp³-hybridized carbons (Fsp3) is 0.727. The van der Waals surface area contributed by atoms with Crippen LogP contribution in [-0.2, 0) is 22.9 Å². The summed E-state index contributed by atoms with van der Waals surface area (Å²) in [6, 6.07) is -0.0297. The lowest BCUT2D eigenvalue weighted by Crippen LogP contribution is -2.30. The molecule has 2 N–H and O–H groups in total. The van der Waals surface area contributed by atoms with E-state index in [1.165, 1.54) is 0 Å². The van der Waals surface area contributed by atoms with Crippen LogP contribution in [0.1, 0.15) is 11.4 Å². The molecule has 5 nitrogen and oxygen atoms in total. The van der Waals surface area contributed by atoms with E-state index in [9.17, 15) is 0 Å². The number of rotatable bonds is 7. The van der Waals surface area contributed by atoms with E-state index in [1.54, 1.807) is 7.11 Å². The van der Waals surface area contributed by atoms with E-state index in [0.29, 0.717) is 19.8 Å². The van der Waals surface area contributed by atoms with Crippen LogP contribution in [0.15, 0.2) is 4.47 Å². The Labute approximate surface area is 110 Å². The van der Waals surface area contributed by atoms with Crippen LogP contribution in [0, 0.1) is 6.92 Å². The maximum absolute atomic E-state index is 6.01. The fourth-order valence-electron chi connectivity index (χ4n) is 1.59. The van der Waals surface area contributed by atoms with Crippen molar-refractivity contribution in [3.05, 3.63) is 15.9 Å². The molecule has 0 amide bonds. The van der Waals surface area contributed by atoms with Gasteiger partial charge in [-0.3, -0.25) is 4.68 Å². The summed E-state index contributed by atoms with van der Waals surface area (Å²) < 4.78 is 13.2. The van der Waals surface area contributed by atoms with Gasteiger partial charge in [-0.2, -0.15) is 5.10 Å². The monoisotopic (exact) mass is 305 g/mol. The van der Waals surface area contributed by atoms with Crippen molar-refractivity contribution in [1.82, 2.24) is 9.78 Å². The molecule has 98 valence electrons. The van der Waals surface area contributed by atoms with Crippen LogP contribution in [0.2, 0.25) is 0 Å². The Balaban J connectivity index is 2.42. The Kier molecular flexibility index (Phi) is 6.11. The second-order valence-electron chi connectivity index (χ2n) is 4.00. The molecule has 0 spiro atoms. The van der Waals surface area contributed by atoms with Gasteiger partial charge < -0.3 is 15.2 Å². The molecule has 0 aliphatic heterocycles. The molecular formula is C11H20BrN3O2. The van der Waals surface area contributed by atoms with Crippen molar-refractivity contribution in [1.29, 1.82) is 0 Å². The number of nitrogens with two attached hydrogens (primary N) is 1. The van der Waals surface area contributed by atoms with Gasteiger partial charge in [-0.25, -0.2) is 0 Å². The summed E-state index contributed by atoms with van der Waals surface area (Å²) in [6.07, 6.45) is 0.741. The lowest BCUT2D eigenvalue weighted by Gasteiger charge is -2.12. The fourth-order valence-corrected chi connectivity index (χ4v) is 2.08. The van der Waals surface area contributed by atoms with Gasteiger partial charge in [0.1, 0.15) is 0 Å². The number of hydrogen-bond donors (Lipinski definition) is 1. The second kappa shape index (κ2) is 7.10. The molecule has 0 radical (unpaired) electrons. The highest BCUT2D eigenvalue weighted by molar-refractivity contribution is 9.10. The first kappa shape index (κ1) is 14.6. The second-order valence-corrected chi connectivity index (χ2v) is 4.79. The van der Waals surface area contributed by atoms with E-state index < -0.39 is 0 Å². The number of aromatic nitrogens is 2.